The van der Waals surface area contributed by atoms with E-state index in [-0.39, 0.29) is 5.11 Å². The van der Waals surface area contributed by atoms with E-state index in [9.17, 15) is 0 Å². The van der Waals surface area contributed by atoms with E-state index in [1.807, 2.05) is 30.3 Å². The molecule has 0 saturated carbocycles. The smallest absolute Gasteiger partial charge is 0.248 e. The topological polar surface area (TPSA) is 36.4 Å². The van der Waals surface area contributed by atoms with Gasteiger partial charge in [-0.15, -0.1) is 0 Å². The molecular weight excluding hydrogens is 253 g/mol. The van der Waals surface area contributed by atoms with Crippen molar-refractivity contribution in [2.45, 2.75) is 4.46 Å². The third-order valence-electron chi connectivity index (χ3n) is 1.81. The molecule has 15 heavy (non-hydrogen) atoms. The molecule has 0 saturated heterocycles. The van der Waals surface area contributed by atoms with Crippen molar-refractivity contribution in [3.63, 3.8) is 0 Å². The minimum Gasteiger partial charge on any atom is -0.339 e. The van der Waals surface area contributed by atoms with Crippen molar-refractivity contribution in [1.29, 1.82) is 0 Å². The number of hydrogen-bond acceptors (Lipinski definition) is 2. The van der Waals surface area contributed by atoms with E-state index in [0.717, 1.165) is 5.69 Å². The zero-order chi connectivity index (χ0) is 10.9. The molecule has 0 radical (unpaired) electrons. The summed E-state index contributed by atoms with van der Waals surface area (Å²) in [6.07, 6.45) is 0. The molecule has 1 aliphatic heterocycles. The van der Waals surface area contributed by atoms with Gasteiger partial charge in [0.25, 0.3) is 0 Å². The lowest BCUT2D eigenvalue weighted by atomic mass is 10.3. The molecule has 0 fully saturated rings. The first-order valence-electron chi connectivity index (χ1n) is 4.19. The molecular formula is C9H7Cl2N3S. The summed E-state index contributed by atoms with van der Waals surface area (Å²) in [7, 11) is 0. The molecule has 2 N–H and O–H groups in total. The third kappa shape index (κ3) is 2.40. The number of nitrogens with one attached hydrogen (secondary N) is 2. The number of rotatable bonds is 1. The predicted octanol–water partition coefficient (Wildman–Crippen LogP) is 2.52. The summed E-state index contributed by atoms with van der Waals surface area (Å²) in [6, 6.07) is 9.47. The molecule has 0 unspecified atom stereocenters. The van der Waals surface area contributed by atoms with E-state index in [4.69, 9.17) is 35.4 Å². The standard InChI is InChI=1S/C9H7Cl2N3S/c10-9(11)7(13-8(15)14-9)12-6-4-2-1-3-5-6/h1-5H,(H2,12,13,14,15). The summed E-state index contributed by atoms with van der Waals surface area (Å²) in [6.45, 7) is 0. The number of para-hydroxylation sites is 1. The maximum Gasteiger partial charge on any atom is 0.248 e. The number of thiocarbonyl (C=S) groups is 1. The predicted molar refractivity (Wildman–Crippen MR) is 67.7 cm³/mol. The number of aliphatic imine (C=N–C) groups is 1. The van der Waals surface area contributed by atoms with E-state index in [1.165, 1.54) is 0 Å². The van der Waals surface area contributed by atoms with E-state index in [0.29, 0.717) is 5.84 Å². The van der Waals surface area contributed by atoms with Crippen LogP contribution in [0, 0.1) is 0 Å². The summed E-state index contributed by atoms with van der Waals surface area (Å²) in [4.78, 5) is 4.00. The first-order valence-corrected chi connectivity index (χ1v) is 5.35. The second-order valence-electron chi connectivity index (χ2n) is 2.96. The minimum atomic E-state index is -1.27. The zero-order valence-corrected chi connectivity index (χ0v) is 9.83. The van der Waals surface area contributed by atoms with Gasteiger partial charge in [-0.1, -0.05) is 41.4 Å². The Morgan fingerprint density at radius 1 is 1.27 bits per heavy atom. The first-order chi connectivity index (χ1) is 7.08. The Balaban J connectivity index is 2.20. The van der Waals surface area contributed by atoms with Gasteiger partial charge in [-0.25, -0.2) is 4.99 Å². The maximum absolute atomic E-state index is 5.95. The number of alkyl halides is 2. The number of amidine groups is 1. The van der Waals surface area contributed by atoms with Crippen molar-refractivity contribution in [2.75, 3.05) is 5.32 Å². The minimum absolute atomic E-state index is 0.276. The van der Waals surface area contributed by atoms with Crippen LogP contribution in [0.2, 0.25) is 0 Å². The number of halogens is 2. The second-order valence-corrected chi connectivity index (χ2v) is 4.67. The molecule has 0 atom stereocenters. The third-order valence-corrected chi connectivity index (χ3v) is 2.55. The Kier molecular flexibility index (Phi) is 2.82. The quantitative estimate of drug-likeness (QED) is 0.463. The maximum atomic E-state index is 5.95. The first kappa shape index (κ1) is 10.7. The van der Waals surface area contributed by atoms with Crippen LogP contribution in [0.15, 0.2) is 35.3 Å². The average molecular weight is 260 g/mol. The Bertz CT molecular complexity index is 417. The molecule has 0 aliphatic carbocycles. The van der Waals surface area contributed by atoms with Crippen molar-refractivity contribution in [1.82, 2.24) is 5.32 Å². The van der Waals surface area contributed by atoms with E-state index < -0.39 is 4.46 Å². The largest absolute Gasteiger partial charge is 0.339 e. The summed E-state index contributed by atoms with van der Waals surface area (Å²) in [5, 5.41) is 5.93. The molecule has 0 spiro atoms. The van der Waals surface area contributed by atoms with Crippen LogP contribution in [0.3, 0.4) is 0 Å². The molecule has 1 aliphatic rings. The lowest BCUT2D eigenvalue weighted by molar-refractivity contribution is 0.972. The van der Waals surface area contributed by atoms with E-state index in [1.54, 1.807) is 0 Å². The van der Waals surface area contributed by atoms with Gasteiger partial charge in [-0.2, -0.15) is 0 Å². The highest BCUT2D eigenvalue weighted by molar-refractivity contribution is 7.80. The number of nitrogens with zero attached hydrogens (tertiary/aromatic N) is 1. The Labute approximate surface area is 102 Å². The summed E-state index contributed by atoms with van der Waals surface area (Å²) in [5.74, 6) is 0.391. The van der Waals surface area contributed by atoms with Gasteiger partial charge in [0, 0.05) is 5.69 Å². The van der Waals surface area contributed by atoms with Gasteiger partial charge in [0.05, 0.1) is 0 Å². The van der Waals surface area contributed by atoms with Crippen LogP contribution in [0.4, 0.5) is 5.69 Å². The number of benzene rings is 1. The fourth-order valence-electron chi connectivity index (χ4n) is 1.16. The van der Waals surface area contributed by atoms with Crippen LogP contribution in [-0.4, -0.2) is 15.4 Å². The highest BCUT2D eigenvalue weighted by Gasteiger charge is 2.37. The molecule has 0 bridgehead atoms. The highest BCUT2D eigenvalue weighted by atomic mass is 35.5. The summed E-state index contributed by atoms with van der Waals surface area (Å²) >= 11 is 16.8. The van der Waals surface area contributed by atoms with Crippen LogP contribution in [0.25, 0.3) is 0 Å². The van der Waals surface area contributed by atoms with E-state index >= 15 is 0 Å². The van der Waals surface area contributed by atoms with Gasteiger partial charge in [-0.05, 0) is 24.4 Å². The van der Waals surface area contributed by atoms with Crippen LogP contribution in [0.5, 0.6) is 0 Å². The monoisotopic (exact) mass is 259 g/mol. The van der Waals surface area contributed by atoms with Crippen LogP contribution < -0.4 is 10.6 Å². The van der Waals surface area contributed by atoms with E-state index in [2.05, 4.69) is 15.6 Å². The Morgan fingerprint density at radius 3 is 2.47 bits per heavy atom. The lowest BCUT2D eigenvalue weighted by Crippen LogP contribution is -2.40. The molecule has 6 heteroatoms. The summed E-state index contributed by atoms with van der Waals surface area (Å²) < 4.78 is -1.27. The molecule has 0 amide bonds. The van der Waals surface area contributed by atoms with Crippen LogP contribution in [-0.2, 0) is 0 Å². The van der Waals surface area contributed by atoms with Gasteiger partial charge in [0.1, 0.15) is 0 Å². The fraction of sp³-hybridized carbons (Fsp3) is 0.111. The van der Waals surface area contributed by atoms with Crippen molar-refractivity contribution in [2.24, 2.45) is 4.99 Å². The molecule has 2 rings (SSSR count). The number of anilines is 1. The fourth-order valence-corrected chi connectivity index (χ4v) is 1.87. The SMILES string of the molecule is S=C1N=C(Nc2ccccc2)C(Cl)(Cl)N1. The van der Waals surface area contributed by atoms with Crippen molar-refractivity contribution in [3.05, 3.63) is 30.3 Å². The average Bonchev–Trinajstić information content (AvgIpc) is 2.41. The normalized spacial score (nSPS) is 18.3. The van der Waals surface area contributed by atoms with Crippen molar-refractivity contribution in [3.8, 4) is 0 Å². The van der Waals surface area contributed by atoms with Crippen molar-refractivity contribution >= 4 is 52.1 Å². The highest BCUT2D eigenvalue weighted by Crippen LogP contribution is 2.25. The number of hydrogen-bond donors (Lipinski definition) is 2. The molecule has 3 nitrogen and oxygen atoms in total. The zero-order valence-electron chi connectivity index (χ0n) is 7.50. The second kappa shape index (κ2) is 3.96. The van der Waals surface area contributed by atoms with Gasteiger partial charge in [-0.3, -0.25) is 0 Å². The van der Waals surface area contributed by atoms with Gasteiger partial charge in [0.2, 0.25) is 4.46 Å². The lowest BCUT2D eigenvalue weighted by Gasteiger charge is -2.16. The molecule has 1 aromatic carbocycles. The molecule has 78 valence electrons. The molecule has 1 heterocycles. The van der Waals surface area contributed by atoms with Gasteiger partial charge in [0.15, 0.2) is 10.9 Å². The summed E-state index contributed by atoms with van der Waals surface area (Å²) in [5.41, 5.74) is 0.855. The van der Waals surface area contributed by atoms with Gasteiger partial charge < -0.3 is 10.6 Å². The Hall–Kier alpha value is -0.840. The van der Waals surface area contributed by atoms with Crippen LogP contribution >= 0.6 is 35.4 Å². The Morgan fingerprint density at radius 2 is 1.93 bits per heavy atom. The van der Waals surface area contributed by atoms with Crippen molar-refractivity contribution < 1.29 is 0 Å². The molecule has 0 aromatic heterocycles. The van der Waals surface area contributed by atoms with Gasteiger partial charge >= 0.3 is 0 Å². The van der Waals surface area contributed by atoms with Crippen LogP contribution in [0.1, 0.15) is 0 Å². The molecule has 1 aromatic rings.